The fraction of sp³-hybridized carbons (Fsp3) is 0.923. The number of carbonyl (C=O) groups is 1. The number of nitrogens with one attached hydrogen (secondary N) is 1. The molecule has 98 valence electrons. The summed E-state index contributed by atoms with van der Waals surface area (Å²) in [5.74, 6) is 0.966. The van der Waals surface area contributed by atoms with Crippen molar-refractivity contribution >= 4 is 5.91 Å². The van der Waals surface area contributed by atoms with E-state index in [4.69, 9.17) is 10.5 Å². The van der Waals surface area contributed by atoms with Gasteiger partial charge >= 0.3 is 0 Å². The molecule has 0 bridgehead atoms. The van der Waals surface area contributed by atoms with Crippen LogP contribution in [-0.4, -0.2) is 32.2 Å². The van der Waals surface area contributed by atoms with Crippen molar-refractivity contribution in [2.45, 2.75) is 38.5 Å². The predicted octanol–water partition coefficient (Wildman–Crippen LogP) is 1.05. The molecule has 2 fully saturated rings. The first kappa shape index (κ1) is 12.8. The highest BCUT2D eigenvalue weighted by Gasteiger charge is 2.42. The first-order valence-corrected chi connectivity index (χ1v) is 6.83. The third-order valence-corrected chi connectivity index (χ3v) is 3.98. The molecule has 0 aliphatic heterocycles. The molecule has 2 saturated carbocycles. The fourth-order valence-electron chi connectivity index (χ4n) is 2.23. The third-order valence-electron chi connectivity index (χ3n) is 3.98. The summed E-state index contributed by atoms with van der Waals surface area (Å²) in [6.45, 7) is 2.86. The highest BCUT2D eigenvalue weighted by atomic mass is 16.5. The van der Waals surface area contributed by atoms with E-state index in [0.717, 1.165) is 44.8 Å². The van der Waals surface area contributed by atoms with Crippen molar-refractivity contribution in [2.75, 3.05) is 26.3 Å². The molecule has 0 aromatic carbocycles. The van der Waals surface area contributed by atoms with Crippen LogP contribution in [0.25, 0.3) is 0 Å². The Hall–Kier alpha value is -0.610. The first-order chi connectivity index (χ1) is 8.27. The number of amides is 1. The van der Waals surface area contributed by atoms with E-state index in [9.17, 15) is 4.79 Å². The average Bonchev–Trinajstić information content (AvgIpc) is 3.06. The Bertz CT molecular complexity index is 255. The van der Waals surface area contributed by atoms with Crippen LogP contribution in [0.15, 0.2) is 0 Å². The first-order valence-electron chi connectivity index (χ1n) is 6.83. The predicted molar refractivity (Wildman–Crippen MR) is 66.5 cm³/mol. The van der Waals surface area contributed by atoms with Gasteiger partial charge in [0.15, 0.2) is 0 Å². The SMILES string of the molecule is NCC1(C(=O)NCCCOCC2CC2)CCC1. The molecule has 1 amide bonds. The van der Waals surface area contributed by atoms with Crippen molar-refractivity contribution in [3.63, 3.8) is 0 Å². The molecule has 2 aliphatic rings. The van der Waals surface area contributed by atoms with Gasteiger partial charge in [-0.1, -0.05) is 6.42 Å². The molecule has 0 aromatic heterocycles. The van der Waals surface area contributed by atoms with Crippen LogP contribution in [0, 0.1) is 11.3 Å². The zero-order chi connectivity index (χ0) is 12.1. The highest BCUT2D eigenvalue weighted by molar-refractivity contribution is 5.83. The van der Waals surface area contributed by atoms with Crippen LogP contribution in [0.1, 0.15) is 38.5 Å². The monoisotopic (exact) mass is 240 g/mol. The summed E-state index contributed by atoms with van der Waals surface area (Å²) in [6, 6.07) is 0. The topological polar surface area (TPSA) is 64.4 Å². The van der Waals surface area contributed by atoms with Gasteiger partial charge in [-0.25, -0.2) is 0 Å². The van der Waals surface area contributed by atoms with Gasteiger partial charge in [-0.15, -0.1) is 0 Å². The summed E-state index contributed by atoms with van der Waals surface area (Å²) in [4.78, 5) is 11.9. The van der Waals surface area contributed by atoms with E-state index < -0.39 is 0 Å². The minimum Gasteiger partial charge on any atom is -0.381 e. The van der Waals surface area contributed by atoms with Crippen LogP contribution >= 0.6 is 0 Å². The van der Waals surface area contributed by atoms with Crippen molar-refractivity contribution in [3.8, 4) is 0 Å². The van der Waals surface area contributed by atoms with Crippen molar-refractivity contribution in [3.05, 3.63) is 0 Å². The molecule has 0 heterocycles. The number of hydrogen-bond donors (Lipinski definition) is 2. The van der Waals surface area contributed by atoms with Gasteiger partial charge in [0.25, 0.3) is 0 Å². The van der Waals surface area contributed by atoms with E-state index in [2.05, 4.69) is 5.32 Å². The van der Waals surface area contributed by atoms with Gasteiger partial charge in [0.2, 0.25) is 5.91 Å². The van der Waals surface area contributed by atoms with Crippen LogP contribution in [0.4, 0.5) is 0 Å². The second-order valence-electron chi connectivity index (χ2n) is 5.47. The summed E-state index contributed by atoms with van der Waals surface area (Å²) < 4.78 is 5.52. The molecular formula is C13H24N2O2. The summed E-state index contributed by atoms with van der Waals surface area (Å²) in [5, 5.41) is 2.98. The van der Waals surface area contributed by atoms with E-state index in [0.29, 0.717) is 13.1 Å². The number of nitrogens with two attached hydrogens (primary N) is 1. The largest absolute Gasteiger partial charge is 0.381 e. The fourth-order valence-corrected chi connectivity index (χ4v) is 2.23. The lowest BCUT2D eigenvalue weighted by Crippen LogP contribution is -2.50. The molecule has 17 heavy (non-hydrogen) atoms. The smallest absolute Gasteiger partial charge is 0.227 e. The van der Waals surface area contributed by atoms with Crippen molar-refractivity contribution in [1.29, 1.82) is 0 Å². The number of rotatable bonds is 8. The zero-order valence-corrected chi connectivity index (χ0v) is 10.5. The Labute approximate surface area is 103 Å². The Morgan fingerprint density at radius 1 is 1.41 bits per heavy atom. The molecule has 0 radical (unpaired) electrons. The van der Waals surface area contributed by atoms with Gasteiger partial charge in [-0.05, 0) is 38.0 Å². The quantitative estimate of drug-likeness (QED) is 0.623. The average molecular weight is 240 g/mol. The van der Waals surface area contributed by atoms with Gasteiger partial charge in [0, 0.05) is 26.3 Å². The minimum atomic E-state index is -0.241. The van der Waals surface area contributed by atoms with Crippen LogP contribution in [-0.2, 0) is 9.53 Å². The van der Waals surface area contributed by atoms with Gasteiger partial charge < -0.3 is 15.8 Å². The summed E-state index contributed by atoms with van der Waals surface area (Å²) >= 11 is 0. The van der Waals surface area contributed by atoms with E-state index in [-0.39, 0.29) is 11.3 Å². The standard InChI is InChI=1S/C13H24N2O2/c14-10-13(5-1-6-13)12(16)15-7-2-8-17-9-11-3-4-11/h11H,1-10,14H2,(H,15,16). The Balaban J connectivity index is 1.50. The summed E-state index contributed by atoms with van der Waals surface area (Å²) in [5.41, 5.74) is 5.44. The highest BCUT2D eigenvalue weighted by Crippen LogP contribution is 2.39. The minimum absolute atomic E-state index is 0.147. The van der Waals surface area contributed by atoms with Crippen molar-refractivity contribution in [1.82, 2.24) is 5.32 Å². The van der Waals surface area contributed by atoms with Crippen molar-refractivity contribution < 1.29 is 9.53 Å². The molecule has 2 aliphatic carbocycles. The molecule has 4 nitrogen and oxygen atoms in total. The van der Waals surface area contributed by atoms with E-state index >= 15 is 0 Å². The van der Waals surface area contributed by atoms with E-state index in [1.54, 1.807) is 0 Å². The Kier molecular flexibility index (Phi) is 4.40. The summed E-state index contributed by atoms with van der Waals surface area (Å²) in [6.07, 6.45) is 6.60. The van der Waals surface area contributed by atoms with Crippen LogP contribution in [0.5, 0.6) is 0 Å². The van der Waals surface area contributed by atoms with Crippen LogP contribution < -0.4 is 11.1 Å². The molecule has 3 N–H and O–H groups in total. The number of ether oxygens (including phenoxy) is 1. The van der Waals surface area contributed by atoms with Crippen LogP contribution in [0.2, 0.25) is 0 Å². The van der Waals surface area contributed by atoms with E-state index in [1.807, 2.05) is 0 Å². The van der Waals surface area contributed by atoms with Gasteiger partial charge in [0.1, 0.15) is 0 Å². The maximum absolute atomic E-state index is 11.9. The lowest BCUT2D eigenvalue weighted by atomic mass is 9.68. The molecular weight excluding hydrogens is 216 g/mol. The summed E-state index contributed by atoms with van der Waals surface area (Å²) in [7, 11) is 0. The van der Waals surface area contributed by atoms with Crippen LogP contribution in [0.3, 0.4) is 0 Å². The second kappa shape index (κ2) is 5.83. The second-order valence-corrected chi connectivity index (χ2v) is 5.47. The van der Waals surface area contributed by atoms with E-state index in [1.165, 1.54) is 12.8 Å². The zero-order valence-electron chi connectivity index (χ0n) is 10.5. The van der Waals surface area contributed by atoms with Gasteiger partial charge in [-0.2, -0.15) is 0 Å². The van der Waals surface area contributed by atoms with Gasteiger partial charge in [0.05, 0.1) is 5.41 Å². The molecule has 0 atom stereocenters. The molecule has 0 spiro atoms. The van der Waals surface area contributed by atoms with Crippen molar-refractivity contribution in [2.24, 2.45) is 17.1 Å². The number of hydrogen-bond acceptors (Lipinski definition) is 3. The lowest BCUT2D eigenvalue weighted by molar-refractivity contribution is -0.135. The molecule has 0 saturated heterocycles. The Morgan fingerprint density at radius 2 is 2.18 bits per heavy atom. The lowest BCUT2D eigenvalue weighted by Gasteiger charge is -2.39. The molecule has 2 rings (SSSR count). The maximum atomic E-state index is 11.9. The third kappa shape index (κ3) is 3.42. The Morgan fingerprint density at radius 3 is 2.71 bits per heavy atom. The molecule has 4 heteroatoms. The molecule has 0 aromatic rings. The molecule has 0 unspecified atom stereocenters. The number of carbonyl (C=O) groups excluding carboxylic acids is 1. The normalized spacial score (nSPS) is 21.9. The van der Waals surface area contributed by atoms with Gasteiger partial charge in [-0.3, -0.25) is 4.79 Å². The maximum Gasteiger partial charge on any atom is 0.227 e.